The van der Waals surface area contributed by atoms with Crippen molar-refractivity contribution >= 4 is 5.69 Å². The van der Waals surface area contributed by atoms with Gasteiger partial charge in [0.1, 0.15) is 5.69 Å². The first kappa shape index (κ1) is 12.4. The molecule has 0 radical (unpaired) electrons. The van der Waals surface area contributed by atoms with Crippen molar-refractivity contribution in [2.24, 2.45) is 0 Å². The number of pyridine rings is 1. The molecule has 0 amide bonds. The van der Waals surface area contributed by atoms with Crippen LogP contribution in [0.25, 0.3) is 17.1 Å². The fourth-order valence-corrected chi connectivity index (χ4v) is 2.20. The summed E-state index contributed by atoms with van der Waals surface area (Å²) >= 11 is 0. The molecule has 4 nitrogen and oxygen atoms in total. The van der Waals surface area contributed by atoms with Gasteiger partial charge in [-0.15, -0.1) is 0 Å². The lowest BCUT2D eigenvalue weighted by atomic mass is 10.1. The molecule has 3 aromatic rings. The van der Waals surface area contributed by atoms with E-state index in [0.717, 1.165) is 28.2 Å². The Morgan fingerprint density at radius 1 is 1.10 bits per heavy atom. The third kappa shape index (κ3) is 2.16. The minimum absolute atomic E-state index is 0.655. The highest BCUT2D eigenvalue weighted by Crippen LogP contribution is 2.27. The lowest BCUT2D eigenvalue weighted by Gasteiger charge is -2.03. The van der Waals surface area contributed by atoms with Gasteiger partial charge in [0, 0.05) is 11.8 Å². The second-order valence-corrected chi connectivity index (χ2v) is 4.88. The van der Waals surface area contributed by atoms with Gasteiger partial charge < -0.3 is 5.73 Å². The van der Waals surface area contributed by atoms with Gasteiger partial charge in [0.25, 0.3) is 0 Å². The van der Waals surface area contributed by atoms with Crippen LogP contribution in [0, 0.1) is 13.8 Å². The number of nitrogen functional groups attached to an aromatic ring is 1. The van der Waals surface area contributed by atoms with Gasteiger partial charge >= 0.3 is 0 Å². The van der Waals surface area contributed by atoms with Crippen LogP contribution in [0.2, 0.25) is 0 Å². The van der Waals surface area contributed by atoms with Crippen molar-refractivity contribution in [3.05, 3.63) is 59.9 Å². The van der Waals surface area contributed by atoms with E-state index < -0.39 is 0 Å². The fraction of sp³-hybridized carbons (Fsp3) is 0.125. The first-order valence-electron chi connectivity index (χ1n) is 6.49. The Bertz CT molecular complexity index is 759. The molecule has 3 rings (SSSR count). The maximum absolute atomic E-state index is 6.11. The van der Waals surface area contributed by atoms with Crippen LogP contribution in [0.15, 0.2) is 48.8 Å². The van der Waals surface area contributed by atoms with Crippen LogP contribution in [-0.4, -0.2) is 14.8 Å². The predicted molar refractivity (Wildman–Crippen MR) is 80.7 cm³/mol. The zero-order valence-electron chi connectivity index (χ0n) is 11.5. The molecule has 0 aliphatic heterocycles. The number of benzene rings is 1. The molecule has 0 atom stereocenters. The molecule has 4 heteroatoms. The molecule has 0 unspecified atom stereocenters. The zero-order valence-corrected chi connectivity index (χ0v) is 11.5. The van der Waals surface area contributed by atoms with Gasteiger partial charge in [0.15, 0.2) is 5.82 Å². The highest BCUT2D eigenvalue weighted by Gasteiger charge is 2.11. The molecule has 0 bridgehead atoms. The molecular weight excluding hydrogens is 248 g/mol. The number of rotatable bonds is 2. The maximum atomic E-state index is 6.11. The second-order valence-electron chi connectivity index (χ2n) is 4.88. The van der Waals surface area contributed by atoms with Crippen molar-refractivity contribution < 1.29 is 0 Å². The molecule has 0 fully saturated rings. The smallest absolute Gasteiger partial charge is 0.153 e. The molecule has 2 N–H and O–H groups in total. The fourth-order valence-electron chi connectivity index (χ4n) is 2.20. The van der Waals surface area contributed by atoms with Crippen LogP contribution in [0.5, 0.6) is 0 Å². The number of nitrogens with zero attached hydrogens (tertiary/aromatic N) is 3. The van der Waals surface area contributed by atoms with Crippen molar-refractivity contribution in [2.45, 2.75) is 13.8 Å². The number of hydrogen-bond acceptors (Lipinski definition) is 3. The summed E-state index contributed by atoms with van der Waals surface area (Å²) in [7, 11) is 0. The van der Waals surface area contributed by atoms with Gasteiger partial charge in [0.2, 0.25) is 0 Å². The molecular formula is C16H16N4. The molecule has 0 spiro atoms. The number of hydrogen-bond donors (Lipinski definition) is 1. The molecule has 2 aromatic heterocycles. The quantitative estimate of drug-likeness (QED) is 0.773. The van der Waals surface area contributed by atoms with Crippen LogP contribution in [-0.2, 0) is 0 Å². The van der Waals surface area contributed by atoms with Gasteiger partial charge in [-0.1, -0.05) is 24.3 Å². The molecule has 2 heterocycles. The monoisotopic (exact) mass is 264 g/mol. The van der Waals surface area contributed by atoms with Crippen molar-refractivity contribution in [2.75, 3.05) is 5.73 Å². The van der Waals surface area contributed by atoms with Crippen LogP contribution in [0.1, 0.15) is 11.1 Å². The molecule has 20 heavy (non-hydrogen) atoms. The predicted octanol–water partition coefficient (Wildman–Crippen LogP) is 3.13. The number of anilines is 1. The van der Waals surface area contributed by atoms with E-state index in [1.54, 1.807) is 10.9 Å². The Morgan fingerprint density at radius 2 is 1.90 bits per heavy atom. The summed E-state index contributed by atoms with van der Waals surface area (Å²) < 4.78 is 1.73. The summed E-state index contributed by atoms with van der Waals surface area (Å²) in [5, 5.41) is 4.58. The highest BCUT2D eigenvalue weighted by molar-refractivity contribution is 5.74. The first-order valence-corrected chi connectivity index (χ1v) is 6.49. The van der Waals surface area contributed by atoms with Gasteiger partial charge in [-0.05, 0) is 37.1 Å². The first-order chi connectivity index (χ1) is 9.65. The normalized spacial score (nSPS) is 10.7. The molecule has 100 valence electrons. The number of aryl methyl sites for hydroxylation is 2. The van der Waals surface area contributed by atoms with Gasteiger partial charge in [-0.3, -0.25) is 0 Å². The summed E-state index contributed by atoms with van der Waals surface area (Å²) in [6, 6.07) is 12.0. The Morgan fingerprint density at radius 3 is 2.65 bits per heavy atom. The lowest BCUT2D eigenvalue weighted by molar-refractivity contribution is 0.848. The number of nitrogens with two attached hydrogens (primary N) is 1. The third-order valence-corrected chi connectivity index (χ3v) is 3.28. The van der Waals surface area contributed by atoms with E-state index in [2.05, 4.69) is 23.1 Å². The Kier molecular flexibility index (Phi) is 2.99. The van der Waals surface area contributed by atoms with E-state index in [0.29, 0.717) is 5.69 Å². The molecule has 0 saturated heterocycles. The van der Waals surface area contributed by atoms with Crippen LogP contribution in [0.3, 0.4) is 0 Å². The number of aromatic nitrogens is 3. The van der Waals surface area contributed by atoms with E-state index in [1.807, 2.05) is 43.5 Å². The standard InChI is InChI=1S/C16H16N4/c1-11-7-8-18-15(9-11)20-10-14(17)16(19-20)13-6-4-3-5-12(13)2/h3-10H,17H2,1-2H3. The SMILES string of the molecule is Cc1ccnc(-n2cc(N)c(-c3ccccc3C)n2)c1. The van der Waals surface area contributed by atoms with Crippen LogP contribution in [0.4, 0.5) is 5.69 Å². The summed E-state index contributed by atoms with van der Waals surface area (Å²) in [5.41, 5.74) is 10.9. The second kappa shape index (κ2) is 4.81. The van der Waals surface area contributed by atoms with Gasteiger partial charge in [-0.25, -0.2) is 9.67 Å². The minimum Gasteiger partial charge on any atom is -0.396 e. The topological polar surface area (TPSA) is 56.7 Å². The Hall–Kier alpha value is -2.62. The van der Waals surface area contributed by atoms with E-state index in [9.17, 15) is 0 Å². The van der Waals surface area contributed by atoms with Gasteiger partial charge in [0.05, 0.1) is 11.9 Å². The molecule has 1 aromatic carbocycles. The highest BCUT2D eigenvalue weighted by atomic mass is 15.3. The minimum atomic E-state index is 0.655. The average Bonchev–Trinajstić information content (AvgIpc) is 2.81. The van der Waals surface area contributed by atoms with E-state index in [1.165, 1.54) is 0 Å². The van der Waals surface area contributed by atoms with Crippen molar-refractivity contribution in [1.82, 2.24) is 14.8 Å². The van der Waals surface area contributed by atoms with Gasteiger partial charge in [-0.2, -0.15) is 5.10 Å². The Labute approximate surface area is 117 Å². The van der Waals surface area contributed by atoms with Crippen molar-refractivity contribution in [1.29, 1.82) is 0 Å². The van der Waals surface area contributed by atoms with E-state index >= 15 is 0 Å². The molecule has 0 saturated carbocycles. The zero-order chi connectivity index (χ0) is 14.1. The maximum Gasteiger partial charge on any atom is 0.153 e. The van der Waals surface area contributed by atoms with Crippen molar-refractivity contribution in [3.63, 3.8) is 0 Å². The average molecular weight is 264 g/mol. The van der Waals surface area contributed by atoms with Crippen LogP contribution >= 0.6 is 0 Å². The summed E-state index contributed by atoms with van der Waals surface area (Å²) in [5.74, 6) is 0.775. The van der Waals surface area contributed by atoms with Crippen LogP contribution < -0.4 is 5.73 Å². The molecule has 0 aliphatic rings. The van der Waals surface area contributed by atoms with E-state index in [-0.39, 0.29) is 0 Å². The largest absolute Gasteiger partial charge is 0.396 e. The van der Waals surface area contributed by atoms with Crippen molar-refractivity contribution in [3.8, 4) is 17.1 Å². The lowest BCUT2D eigenvalue weighted by Crippen LogP contribution is -1.98. The summed E-state index contributed by atoms with van der Waals surface area (Å²) in [6.07, 6.45) is 3.58. The summed E-state index contributed by atoms with van der Waals surface area (Å²) in [4.78, 5) is 4.33. The van der Waals surface area contributed by atoms with E-state index in [4.69, 9.17) is 5.73 Å². The Balaban J connectivity index is 2.10. The summed E-state index contributed by atoms with van der Waals surface area (Å²) in [6.45, 7) is 4.08. The molecule has 0 aliphatic carbocycles. The third-order valence-electron chi connectivity index (χ3n) is 3.28.